The first-order valence-corrected chi connectivity index (χ1v) is 12.4. The number of carbonyl (C=O) groups is 1. The van der Waals surface area contributed by atoms with Gasteiger partial charge in [0.05, 0.1) is 18.5 Å². The smallest absolute Gasteiger partial charge is 0.137 e. The lowest BCUT2D eigenvalue weighted by molar-refractivity contribution is -0.175. The number of ether oxygens (including phenoxy) is 1. The van der Waals surface area contributed by atoms with E-state index in [1.807, 2.05) is 30.3 Å². The SMILES string of the molecule is O=C[C@H](Cc1cnc[nH]1)NC1C[C@H]2CCCC[C@@H]2[C@H](C(O)c2ccc(-c3ccccc3)cc2)O1. The first-order chi connectivity index (χ1) is 16.7. The Hall–Kier alpha value is -2.80. The third kappa shape index (κ3) is 5.14. The van der Waals surface area contributed by atoms with Crippen LogP contribution in [0, 0.1) is 11.8 Å². The molecule has 2 fully saturated rings. The zero-order chi connectivity index (χ0) is 23.3. The van der Waals surface area contributed by atoms with Gasteiger partial charge in [-0.3, -0.25) is 5.32 Å². The number of rotatable bonds is 8. The van der Waals surface area contributed by atoms with Crippen LogP contribution in [0.2, 0.25) is 0 Å². The normalized spacial score (nSPS) is 26.4. The van der Waals surface area contributed by atoms with Gasteiger partial charge in [-0.25, -0.2) is 4.98 Å². The number of aliphatic hydroxyl groups is 1. The van der Waals surface area contributed by atoms with E-state index in [2.05, 4.69) is 39.6 Å². The summed E-state index contributed by atoms with van der Waals surface area (Å²) >= 11 is 0. The fourth-order valence-corrected chi connectivity index (χ4v) is 5.71. The maximum atomic E-state index is 11.8. The number of imidazole rings is 1. The molecule has 6 nitrogen and oxygen atoms in total. The Morgan fingerprint density at radius 3 is 2.59 bits per heavy atom. The highest BCUT2D eigenvalue weighted by molar-refractivity contribution is 5.63. The van der Waals surface area contributed by atoms with Gasteiger partial charge in [-0.2, -0.15) is 0 Å². The Labute approximate surface area is 200 Å². The first kappa shape index (κ1) is 23.0. The van der Waals surface area contributed by atoms with Crippen molar-refractivity contribution in [2.75, 3.05) is 0 Å². The van der Waals surface area contributed by atoms with E-state index in [0.29, 0.717) is 18.3 Å². The number of aliphatic hydroxyl groups excluding tert-OH is 1. The number of hydrogen-bond donors (Lipinski definition) is 3. The molecule has 2 aromatic carbocycles. The molecule has 6 atom stereocenters. The second-order valence-electron chi connectivity index (χ2n) is 9.66. The molecule has 0 bridgehead atoms. The van der Waals surface area contributed by atoms with Crippen LogP contribution in [0.1, 0.15) is 49.5 Å². The summed E-state index contributed by atoms with van der Waals surface area (Å²) in [5.74, 6) is 0.820. The van der Waals surface area contributed by atoms with Gasteiger partial charge in [0.25, 0.3) is 0 Å². The van der Waals surface area contributed by atoms with Gasteiger partial charge in [0.2, 0.25) is 0 Å². The quantitative estimate of drug-likeness (QED) is 0.434. The molecular formula is C28H33N3O3. The predicted octanol–water partition coefficient (Wildman–Crippen LogP) is 4.43. The van der Waals surface area contributed by atoms with Crippen molar-refractivity contribution >= 4 is 6.29 Å². The third-order valence-corrected chi connectivity index (χ3v) is 7.46. The molecular weight excluding hydrogens is 426 g/mol. The van der Waals surface area contributed by atoms with E-state index in [9.17, 15) is 9.90 Å². The topological polar surface area (TPSA) is 87.2 Å². The van der Waals surface area contributed by atoms with Crippen molar-refractivity contribution in [3.8, 4) is 11.1 Å². The van der Waals surface area contributed by atoms with E-state index in [1.165, 1.54) is 12.8 Å². The minimum Gasteiger partial charge on any atom is -0.386 e. The number of fused-ring (bicyclic) bond motifs is 1. The average molecular weight is 460 g/mol. The number of benzene rings is 2. The average Bonchev–Trinajstić information content (AvgIpc) is 3.41. The molecule has 0 amide bonds. The standard InChI is InChI=1S/C28H33N3O3/c32-17-24(15-23-16-29-18-30-23)31-26-14-22-8-4-5-9-25(22)28(34-26)27(33)21-12-10-20(11-13-21)19-6-2-1-3-7-19/h1-3,6-7,10-13,16-18,22,24-28,31,33H,4-5,8-9,14-15H2,(H,29,30)/t22-,24+,25+,26?,27?,28-/m1/s1. The predicted molar refractivity (Wildman–Crippen MR) is 131 cm³/mol. The Bertz CT molecular complexity index is 1040. The molecule has 0 spiro atoms. The molecule has 5 rings (SSSR count). The summed E-state index contributed by atoms with van der Waals surface area (Å²) < 4.78 is 6.49. The van der Waals surface area contributed by atoms with Crippen LogP contribution in [-0.4, -0.2) is 39.7 Å². The summed E-state index contributed by atoms with van der Waals surface area (Å²) in [6.45, 7) is 0. The van der Waals surface area contributed by atoms with Gasteiger partial charge in [0.15, 0.2) is 0 Å². The van der Waals surface area contributed by atoms with Crippen molar-refractivity contribution in [3.63, 3.8) is 0 Å². The molecule has 1 aliphatic carbocycles. The molecule has 34 heavy (non-hydrogen) atoms. The first-order valence-electron chi connectivity index (χ1n) is 12.4. The number of nitrogens with zero attached hydrogens (tertiary/aromatic N) is 1. The molecule has 0 radical (unpaired) electrons. The second kappa shape index (κ2) is 10.6. The summed E-state index contributed by atoms with van der Waals surface area (Å²) in [4.78, 5) is 18.9. The van der Waals surface area contributed by atoms with Gasteiger partial charge in [-0.15, -0.1) is 0 Å². The fraction of sp³-hybridized carbons (Fsp3) is 0.429. The molecule has 1 aromatic heterocycles. The van der Waals surface area contributed by atoms with E-state index in [0.717, 1.165) is 47.9 Å². The van der Waals surface area contributed by atoms with Gasteiger partial charge in [-0.05, 0) is 47.8 Å². The molecule has 2 unspecified atom stereocenters. The van der Waals surface area contributed by atoms with E-state index >= 15 is 0 Å². The van der Waals surface area contributed by atoms with Crippen molar-refractivity contribution in [1.82, 2.24) is 15.3 Å². The van der Waals surface area contributed by atoms with Crippen molar-refractivity contribution in [1.29, 1.82) is 0 Å². The van der Waals surface area contributed by atoms with Crippen LogP contribution in [0.15, 0.2) is 67.1 Å². The number of aldehydes is 1. The van der Waals surface area contributed by atoms with Crippen molar-refractivity contribution in [2.45, 2.75) is 63.0 Å². The molecule has 2 heterocycles. The van der Waals surface area contributed by atoms with Gasteiger partial charge in [-0.1, -0.05) is 67.4 Å². The van der Waals surface area contributed by atoms with Crippen LogP contribution in [0.3, 0.4) is 0 Å². The Balaban J connectivity index is 1.31. The van der Waals surface area contributed by atoms with Gasteiger partial charge in [0.1, 0.15) is 18.6 Å². The highest BCUT2D eigenvalue weighted by Gasteiger charge is 2.43. The van der Waals surface area contributed by atoms with E-state index < -0.39 is 6.10 Å². The lowest BCUT2D eigenvalue weighted by atomic mass is 9.71. The minimum atomic E-state index is -0.706. The summed E-state index contributed by atoms with van der Waals surface area (Å²) in [5.41, 5.74) is 4.07. The molecule has 2 aliphatic rings. The number of carbonyl (C=O) groups excluding carboxylic acids is 1. The lowest BCUT2D eigenvalue weighted by Crippen LogP contribution is -2.53. The summed E-state index contributed by atoms with van der Waals surface area (Å²) in [7, 11) is 0. The van der Waals surface area contributed by atoms with Crippen LogP contribution in [0.5, 0.6) is 0 Å². The van der Waals surface area contributed by atoms with Crippen molar-refractivity contribution in [2.24, 2.45) is 11.8 Å². The Morgan fingerprint density at radius 1 is 1.09 bits per heavy atom. The minimum absolute atomic E-state index is 0.263. The largest absolute Gasteiger partial charge is 0.386 e. The monoisotopic (exact) mass is 459 g/mol. The number of aromatic amines is 1. The number of nitrogens with one attached hydrogen (secondary N) is 2. The zero-order valence-electron chi connectivity index (χ0n) is 19.3. The lowest BCUT2D eigenvalue weighted by Gasteiger charge is -2.46. The molecule has 1 aliphatic heterocycles. The van der Waals surface area contributed by atoms with Crippen molar-refractivity contribution in [3.05, 3.63) is 78.4 Å². The number of H-pyrrole nitrogens is 1. The van der Waals surface area contributed by atoms with Crippen molar-refractivity contribution < 1.29 is 14.6 Å². The van der Waals surface area contributed by atoms with Crippen LogP contribution in [0.4, 0.5) is 0 Å². The second-order valence-corrected chi connectivity index (χ2v) is 9.66. The Kier molecular flexibility index (Phi) is 7.19. The zero-order valence-corrected chi connectivity index (χ0v) is 19.3. The maximum absolute atomic E-state index is 11.8. The molecule has 1 saturated carbocycles. The van der Waals surface area contributed by atoms with E-state index in [4.69, 9.17) is 4.74 Å². The Morgan fingerprint density at radius 2 is 1.85 bits per heavy atom. The molecule has 3 N–H and O–H groups in total. The highest BCUT2D eigenvalue weighted by atomic mass is 16.5. The third-order valence-electron chi connectivity index (χ3n) is 7.46. The summed E-state index contributed by atoms with van der Waals surface area (Å²) in [5, 5.41) is 14.8. The number of hydrogen-bond acceptors (Lipinski definition) is 5. The van der Waals surface area contributed by atoms with Gasteiger partial charge in [0, 0.05) is 18.3 Å². The molecule has 6 heteroatoms. The van der Waals surface area contributed by atoms with Gasteiger partial charge >= 0.3 is 0 Å². The summed E-state index contributed by atoms with van der Waals surface area (Å²) in [6, 6.07) is 18.0. The van der Waals surface area contributed by atoms with Crippen LogP contribution in [0.25, 0.3) is 11.1 Å². The van der Waals surface area contributed by atoms with Crippen LogP contribution < -0.4 is 5.32 Å². The molecule has 178 valence electrons. The van der Waals surface area contributed by atoms with Gasteiger partial charge < -0.3 is 19.6 Å². The van der Waals surface area contributed by atoms with E-state index in [-0.39, 0.29) is 18.4 Å². The molecule has 3 aromatic rings. The molecule has 1 saturated heterocycles. The fourth-order valence-electron chi connectivity index (χ4n) is 5.71. The van der Waals surface area contributed by atoms with Crippen LogP contribution >= 0.6 is 0 Å². The maximum Gasteiger partial charge on any atom is 0.137 e. The summed E-state index contributed by atoms with van der Waals surface area (Å²) in [6.07, 6.45) is 9.05. The van der Waals surface area contributed by atoms with Crippen LogP contribution in [-0.2, 0) is 16.0 Å². The number of aromatic nitrogens is 2. The van der Waals surface area contributed by atoms with E-state index in [1.54, 1.807) is 12.5 Å². The highest BCUT2D eigenvalue weighted by Crippen LogP contribution is 2.44.